The van der Waals surface area contributed by atoms with Crippen LogP contribution in [0, 0.1) is 13.8 Å². The van der Waals surface area contributed by atoms with Gasteiger partial charge in [0.25, 0.3) is 5.91 Å². The Morgan fingerprint density at radius 1 is 0.871 bits per heavy atom. The van der Waals surface area contributed by atoms with Crippen molar-refractivity contribution in [3.8, 4) is 11.5 Å². The van der Waals surface area contributed by atoms with Crippen LogP contribution in [0.25, 0.3) is 5.65 Å². The van der Waals surface area contributed by atoms with E-state index in [0.717, 1.165) is 17.1 Å². The number of hydrogen-bond donors (Lipinski definition) is 1. The number of nitrogens with zero attached hydrogens (tertiary/aromatic N) is 2. The zero-order valence-electron chi connectivity index (χ0n) is 17.7. The van der Waals surface area contributed by atoms with Crippen molar-refractivity contribution in [1.29, 1.82) is 0 Å². The third-order valence-corrected chi connectivity index (χ3v) is 4.83. The maximum atomic E-state index is 12.3. The van der Waals surface area contributed by atoms with Gasteiger partial charge in [0, 0.05) is 18.0 Å². The fourth-order valence-corrected chi connectivity index (χ4v) is 3.15. The summed E-state index contributed by atoms with van der Waals surface area (Å²) in [5.74, 6) is 1.34. The van der Waals surface area contributed by atoms with E-state index in [0.29, 0.717) is 31.1 Å². The van der Waals surface area contributed by atoms with Crippen LogP contribution in [0.15, 0.2) is 73.1 Å². The Hall–Kier alpha value is -3.80. The first kappa shape index (κ1) is 20.5. The molecule has 0 unspecified atom stereocenters. The minimum atomic E-state index is -0.144. The van der Waals surface area contributed by atoms with Crippen molar-refractivity contribution in [1.82, 2.24) is 14.7 Å². The lowest BCUT2D eigenvalue weighted by Gasteiger charge is -2.09. The molecule has 0 aliphatic rings. The van der Waals surface area contributed by atoms with Gasteiger partial charge in [0.2, 0.25) is 0 Å². The number of aromatic nitrogens is 2. The van der Waals surface area contributed by atoms with E-state index >= 15 is 0 Å². The SMILES string of the molecule is Cc1ccc(OCCNC(=O)c2ccc(OCc3cn4cc(C)ccc4n3)cc2)cc1. The summed E-state index contributed by atoms with van der Waals surface area (Å²) in [5.41, 5.74) is 4.67. The lowest BCUT2D eigenvalue weighted by atomic mass is 10.2. The van der Waals surface area contributed by atoms with E-state index in [1.165, 1.54) is 11.1 Å². The number of imidazole rings is 1. The number of ether oxygens (including phenoxy) is 2. The van der Waals surface area contributed by atoms with Crippen LogP contribution < -0.4 is 14.8 Å². The fourth-order valence-electron chi connectivity index (χ4n) is 3.15. The smallest absolute Gasteiger partial charge is 0.251 e. The summed E-state index contributed by atoms with van der Waals surface area (Å²) in [7, 11) is 0. The number of benzene rings is 2. The standard InChI is InChI=1S/C25H25N3O3/c1-18-3-8-22(9-4-18)30-14-13-26-25(29)20-6-10-23(11-7-20)31-17-21-16-28-15-19(2)5-12-24(28)27-21/h3-12,15-16H,13-14,17H2,1-2H3,(H,26,29). The van der Waals surface area contributed by atoms with Crippen molar-refractivity contribution < 1.29 is 14.3 Å². The summed E-state index contributed by atoms with van der Waals surface area (Å²) in [6.45, 7) is 5.28. The van der Waals surface area contributed by atoms with E-state index in [1.54, 1.807) is 24.3 Å². The first-order valence-corrected chi connectivity index (χ1v) is 10.2. The first-order valence-electron chi connectivity index (χ1n) is 10.2. The molecule has 0 fully saturated rings. The highest BCUT2D eigenvalue weighted by Gasteiger charge is 2.07. The maximum absolute atomic E-state index is 12.3. The molecule has 0 atom stereocenters. The van der Waals surface area contributed by atoms with Crippen LogP contribution in [0.2, 0.25) is 0 Å². The highest BCUT2D eigenvalue weighted by atomic mass is 16.5. The van der Waals surface area contributed by atoms with Crippen molar-refractivity contribution in [3.05, 3.63) is 95.4 Å². The summed E-state index contributed by atoms with van der Waals surface area (Å²) < 4.78 is 13.4. The molecule has 0 aliphatic heterocycles. The highest BCUT2D eigenvalue weighted by molar-refractivity contribution is 5.94. The number of aryl methyl sites for hydroxylation is 2. The van der Waals surface area contributed by atoms with Crippen molar-refractivity contribution in [2.75, 3.05) is 13.2 Å². The van der Waals surface area contributed by atoms with Crippen LogP contribution in [-0.2, 0) is 6.61 Å². The average Bonchev–Trinajstić information content (AvgIpc) is 3.18. The van der Waals surface area contributed by atoms with E-state index in [2.05, 4.69) is 10.3 Å². The molecule has 0 saturated carbocycles. The monoisotopic (exact) mass is 415 g/mol. The Morgan fingerprint density at radius 3 is 2.32 bits per heavy atom. The lowest BCUT2D eigenvalue weighted by molar-refractivity contribution is 0.0947. The molecule has 4 rings (SSSR count). The molecule has 6 heteroatoms. The Morgan fingerprint density at radius 2 is 1.55 bits per heavy atom. The Kier molecular flexibility index (Phi) is 6.17. The van der Waals surface area contributed by atoms with Crippen LogP contribution in [-0.4, -0.2) is 28.4 Å². The van der Waals surface area contributed by atoms with Crippen LogP contribution >= 0.6 is 0 Å². The molecule has 4 aromatic rings. The number of fused-ring (bicyclic) bond motifs is 1. The van der Waals surface area contributed by atoms with Gasteiger partial charge in [-0.15, -0.1) is 0 Å². The van der Waals surface area contributed by atoms with Gasteiger partial charge in [-0.25, -0.2) is 4.98 Å². The summed E-state index contributed by atoms with van der Waals surface area (Å²) >= 11 is 0. The van der Waals surface area contributed by atoms with Crippen molar-refractivity contribution in [2.24, 2.45) is 0 Å². The molecule has 2 aromatic heterocycles. The molecule has 31 heavy (non-hydrogen) atoms. The van der Waals surface area contributed by atoms with Gasteiger partial charge in [-0.2, -0.15) is 0 Å². The van der Waals surface area contributed by atoms with Gasteiger partial charge in [-0.05, 0) is 61.9 Å². The summed E-state index contributed by atoms with van der Waals surface area (Å²) in [4.78, 5) is 16.8. The van der Waals surface area contributed by atoms with Crippen molar-refractivity contribution in [3.63, 3.8) is 0 Å². The van der Waals surface area contributed by atoms with Gasteiger partial charge >= 0.3 is 0 Å². The topological polar surface area (TPSA) is 64.9 Å². The van der Waals surface area contributed by atoms with Crippen LogP contribution in [0.5, 0.6) is 11.5 Å². The molecular formula is C25H25N3O3. The van der Waals surface area contributed by atoms with Gasteiger partial charge in [0.1, 0.15) is 30.4 Å². The number of carbonyl (C=O) groups is 1. The largest absolute Gasteiger partial charge is 0.492 e. The molecule has 158 valence electrons. The zero-order chi connectivity index (χ0) is 21.6. The Bertz CT molecular complexity index is 1170. The molecule has 0 radical (unpaired) electrons. The van der Waals surface area contributed by atoms with Crippen LogP contribution in [0.1, 0.15) is 27.2 Å². The van der Waals surface area contributed by atoms with E-state index < -0.39 is 0 Å². The fraction of sp³-hybridized carbons (Fsp3) is 0.200. The first-order chi connectivity index (χ1) is 15.1. The van der Waals surface area contributed by atoms with Crippen LogP contribution in [0.4, 0.5) is 0 Å². The van der Waals surface area contributed by atoms with Gasteiger partial charge in [0.15, 0.2) is 0 Å². The van der Waals surface area contributed by atoms with E-state index in [1.807, 2.05) is 67.0 Å². The predicted molar refractivity (Wildman–Crippen MR) is 120 cm³/mol. The molecular weight excluding hydrogens is 390 g/mol. The van der Waals surface area contributed by atoms with Crippen molar-refractivity contribution >= 4 is 11.6 Å². The molecule has 6 nitrogen and oxygen atoms in total. The minimum absolute atomic E-state index is 0.144. The van der Waals surface area contributed by atoms with E-state index in [4.69, 9.17) is 9.47 Å². The number of hydrogen-bond acceptors (Lipinski definition) is 4. The second kappa shape index (κ2) is 9.34. The third-order valence-electron chi connectivity index (χ3n) is 4.83. The van der Waals surface area contributed by atoms with Crippen molar-refractivity contribution in [2.45, 2.75) is 20.5 Å². The molecule has 0 bridgehead atoms. The second-order valence-electron chi connectivity index (χ2n) is 7.43. The lowest BCUT2D eigenvalue weighted by Crippen LogP contribution is -2.28. The molecule has 1 amide bonds. The number of pyridine rings is 1. The summed E-state index contributed by atoms with van der Waals surface area (Å²) in [5, 5.41) is 2.86. The number of amides is 1. The summed E-state index contributed by atoms with van der Waals surface area (Å²) in [6.07, 6.45) is 3.99. The second-order valence-corrected chi connectivity index (χ2v) is 7.43. The third kappa shape index (κ3) is 5.42. The minimum Gasteiger partial charge on any atom is -0.492 e. The Balaban J connectivity index is 1.24. The average molecular weight is 415 g/mol. The number of nitrogens with one attached hydrogen (secondary N) is 1. The predicted octanol–water partition coefficient (Wildman–Crippen LogP) is 4.34. The molecule has 0 aliphatic carbocycles. The zero-order valence-corrected chi connectivity index (χ0v) is 17.7. The number of carbonyl (C=O) groups excluding carboxylic acids is 1. The van der Waals surface area contributed by atoms with Gasteiger partial charge in [-0.1, -0.05) is 23.8 Å². The quantitative estimate of drug-likeness (QED) is 0.435. The molecule has 1 N–H and O–H groups in total. The molecule has 2 aromatic carbocycles. The van der Waals surface area contributed by atoms with Gasteiger partial charge in [0.05, 0.1) is 12.2 Å². The molecule has 0 spiro atoms. The van der Waals surface area contributed by atoms with Crippen LogP contribution in [0.3, 0.4) is 0 Å². The highest BCUT2D eigenvalue weighted by Crippen LogP contribution is 2.15. The molecule has 0 saturated heterocycles. The van der Waals surface area contributed by atoms with Gasteiger partial charge < -0.3 is 19.2 Å². The summed E-state index contributed by atoms with van der Waals surface area (Å²) in [6, 6.07) is 18.9. The molecule has 2 heterocycles. The Labute approximate surface area is 181 Å². The van der Waals surface area contributed by atoms with E-state index in [-0.39, 0.29) is 5.91 Å². The van der Waals surface area contributed by atoms with E-state index in [9.17, 15) is 4.79 Å². The van der Waals surface area contributed by atoms with Gasteiger partial charge in [-0.3, -0.25) is 4.79 Å². The maximum Gasteiger partial charge on any atom is 0.251 e. The number of rotatable bonds is 8. The normalized spacial score (nSPS) is 10.8.